The van der Waals surface area contributed by atoms with Crippen LogP contribution in [0.3, 0.4) is 0 Å². The Hall–Kier alpha value is -1.93. The number of ketones is 1. The van der Waals surface area contributed by atoms with Gasteiger partial charge in [-0.05, 0) is 105 Å². The second kappa shape index (κ2) is 7.59. The smallest absolute Gasteiger partial charge is 0.179 e. The topological polar surface area (TPSA) is 78.9 Å². The number of hydrogen-bond acceptors (Lipinski definition) is 4. The van der Waals surface area contributed by atoms with E-state index in [0.29, 0.717) is 17.4 Å². The molecule has 1 N–H and O–H groups in total. The van der Waals surface area contributed by atoms with Crippen LogP contribution in [0, 0.1) is 46.3 Å². The number of carbonyl (C=O) groups excluding carboxylic acids is 1. The van der Waals surface area contributed by atoms with Crippen LogP contribution in [-0.4, -0.2) is 26.3 Å². The third kappa shape index (κ3) is 3.78. The van der Waals surface area contributed by atoms with Gasteiger partial charge in [-0.25, -0.2) is 0 Å². The molecule has 0 radical (unpaired) electrons. The second-order valence-electron chi connectivity index (χ2n) is 11.4. The molecule has 0 saturated heterocycles. The molecule has 7 atom stereocenters. The summed E-state index contributed by atoms with van der Waals surface area (Å²) in [6, 6.07) is 2.07. The highest BCUT2D eigenvalue weighted by atomic mass is 16.3. The zero-order valence-electron chi connectivity index (χ0n) is 18.9. The van der Waals surface area contributed by atoms with Crippen LogP contribution in [0.1, 0.15) is 77.2 Å². The number of nitrogens with zero attached hydrogens (tertiary/aromatic N) is 3. The minimum absolute atomic E-state index is 0.124. The van der Waals surface area contributed by atoms with Crippen molar-refractivity contribution < 1.29 is 9.90 Å². The summed E-state index contributed by atoms with van der Waals surface area (Å²) in [5, 5.41) is 23.7. The van der Waals surface area contributed by atoms with Crippen LogP contribution in [0.5, 0.6) is 0 Å². The quantitative estimate of drug-likeness (QED) is 0.770. The summed E-state index contributed by atoms with van der Waals surface area (Å²) in [5.74, 6) is 3.92. The number of aliphatic hydroxyl groups is 1. The molecular weight excluding hydrogens is 386 g/mol. The van der Waals surface area contributed by atoms with Gasteiger partial charge in [-0.1, -0.05) is 13.0 Å². The molecular formula is C26H35N3O2. The van der Waals surface area contributed by atoms with Crippen LogP contribution >= 0.6 is 0 Å². The summed E-state index contributed by atoms with van der Waals surface area (Å²) in [6.45, 7) is 4.64. The SMILES string of the molecule is C[C@@]1(O)CC[C@H]2[C@H](CC[C@@H]3[C@@H]2CC[C@]2(C)C=C(C(=O)Cn4cc(C#N)cn4)CC[C@@H]32)C1. The number of Topliss-reactive ketones (excluding diaryl/α,β-unsaturated/α-hetero) is 1. The molecule has 4 aliphatic carbocycles. The lowest BCUT2D eigenvalue weighted by Gasteiger charge is -2.58. The van der Waals surface area contributed by atoms with Crippen molar-refractivity contribution in [2.24, 2.45) is 35.0 Å². The van der Waals surface area contributed by atoms with E-state index in [4.69, 9.17) is 5.26 Å². The number of aromatic nitrogens is 2. The molecule has 0 spiro atoms. The average molecular weight is 422 g/mol. The van der Waals surface area contributed by atoms with Crippen molar-refractivity contribution in [3.8, 4) is 6.07 Å². The molecule has 5 heteroatoms. The van der Waals surface area contributed by atoms with Gasteiger partial charge in [0.15, 0.2) is 5.78 Å². The van der Waals surface area contributed by atoms with Crippen LogP contribution in [0.15, 0.2) is 24.0 Å². The van der Waals surface area contributed by atoms with Gasteiger partial charge in [-0.15, -0.1) is 0 Å². The van der Waals surface area contributed by atoms with Crippen LogP contribution in [0.2, 0.25) is 0 Å². The van der Waals surface area contributed by atoms with Gasteiger partial charge in [0.05, 0.1) is 17.4 Å². The summed E-state index contributed by atoms with van der Waals surface area (Å²) >= 11 is 0. The molecule has 4 aliphatic rings. The summed E-state index contributed by atoms with van der Waals surface area (Å²) in [6.07, 6.45) is 15.6. The summed E-state index contributed by atoms with van der Waals surface area (Å²) in [4.78, 5) is 13.0. The van der Waals surface area contributed by atoms with E-state index in [1.807, 2.05) is 6.92 Å². The number of hydrogen-bond donors (Lipinski definition) is 1. The Bertz CT molecular complexity index is 939. The minimum Gasteiger partial charge on any atom is -0.390 e. The highest BCUT2D eigenvalue weighted by molar-refractivity contribution is 5.95. The maximum absolute atomic E-state index is 13.0. The molecule has 5 rings (SSSR count). The maximum Gasteiger partial charge on any atom is 0.179 e. The molecule has 0 aromatic carbocycles. The van der Waals surface area contributed by atoms with Gasteiger partial charge in [0.1, 0.15) is 12.6 Å². The zero-order chi connectivity index (χ0) is 21.8. The van der Waals surface area contributed by atoms with Gasteiger partial charge in [0, 0.05) is 6.20 Å². The summed E-state index contributed by atoms with van der Waals surface area (Å²) < 4.78 is 1.59. The van der Waals surface area contributed by atoms with Gasteiger partial charge in [0.25, 0.3) is 0 Å². The maximum atomic E-state index is 13.0. The highest BCUT2D eigenvalue weighted by Gasteiger charge is 2.53. The van der Waals surface area contributed by atoms with Gasteiger partial charge < -0.3 is 5.11 Å². The Morgan fingerprint density at radius 2 is 2.00 bits per heavy atom. The first-order valence-electron chi connectivity index (χ1n) is 12.2. The van der Waals surface area contributed by atoms with E-state index in [-0.39, 0.29) is 17.7 Å². The Morgan fingerprint density at radius 3 is 2.77 bits per heavy atom. The monoisotopic (exact) mass is 421 g/mol. The Morgan fingerprint density at radius 1 is 1.19 bits per heavy atom. The van der Waals surface area contributed by atoms with E-state index in [2.05, 4.69) is 24.2 Å². The molecule has 1 aromatic heterocycles. The molecule has 0 bridgehead atoms. The molecule has 31 heavy (non-hydrogen) atoms. The predicted octanol–water partition coefficient (Wildman–Crippen LogP) is 4.65. The Balaban J connectivity index is 1.30. The molecule has 5 nitrogen and oxygen atoms in total. The number of rotatable bonds is 3. The number of allylic oxidation sites excluding steroid dienone is 2. The fourth-order valence-corrected chi connectivity index (χ4v) is 7.91. The standard InChI is InChI=1S/C26H35N3O2/c1-25-9-7-21-20-8-10-26(2,31)12-18(20)3-5-22(21)23(25)6-4-19(11-25)24(30)16-29-15-17(13-27)14-28-29/h11,14-15,18,20-23,31H,3-10,12,16H2,1-2H3/t18-,20+,21-,22-,23+,25-,26-/m1/s1. The van der Waals surface area contributed by atoms with E-state index < -0.39 is 5.60 Å². The average Bonchev–Trinajstić information content (AvgIpc) is 3.19. The van der Waals surface area contributed by atoms with Crippen molar-refractivity contribution in [1.29, 1.82) is 5.26 Å². The number of carbonyl (C=O) groups is 1. The van der Waals surface area contributed by atoms with Crippen molar-refractivity contribution in [2.75, 3.05) is 0 Å². The lowest BCUT2D eigenvalue weighted by Crippen LogP contribution is -2.51. The fourth-order valence-electron chi connectivity index (χ4n) is 7.91. The summed E-state index contributed by atoms with van der Waals surface area (Å²) in [5.41, 5.74) is 1.13. The Kier molecular flexibility index (Phi) is 5.13. The van der Waals surface area contributed by atoms with Crippen LogP contribution in [-0.2, 0) is 11.3 Å². The van der Waals surface area contributed by atoms with Gasteiger partial charge >= 0.3 is 0 Å². The van der Waals surface area contributed by atoms with Gasteiger partial charge in [0.2, 0.25) is 0 Å². The predicted molar refractivity (Wildman–Crippen MR) is 118 cm³/mol. The number of fused-ring (bicyclic) bond motifs is 5. The van der Waals surface area contributed by atoms with E-state index >= 15 is 0 Å². The first-order valence-corrected chi connectivity index (χ1v) is 12.2. The summed E-state index contributed by atoms with van der Waals surface area (Å²) in [7, 11) is 0. The van der Waals surface area contributed by atoms with Gasteiger partial charge in [-0.3, -0.25) is 9.48 Å². The Labute approximate surface area is 185 Å². The second-order valence-corrected chi connectivity index (χ2v) is 11.4. The van der Waals surface area contributed by atoms with Crippen LogP contribution in [0.4, 0.5) is 0 Å². The first kappa shape index (κ1) is 20.9. The van der Waals surface area contributed by atoms with Crippen LogP contribution in [0.25, 0.3) is 0 Å². The lowest BCUT2D eigenvalue weighted by molar-refractivity contribution is -0.117. The third-order valence-corrected chi connectivity index (χ3v) is 9.33. The van der Waals surface area contributed by atoms with Crippen molar-refractivity contribution in [1.82, 2.24) is 9.78 Å². The van der Waals surface area contributed by atoms with E-state index in [0.717, 1.165) is 49.0 Å². The first-order chi connectivity index (χ1) is 14.8. The molecule has 1 aromatic rings. The van der Waals surface area contributed by atoms with Crippen molar-refractivity contribution in [3.05, 3.63) is 29.6 Å². The van der Waals surface area contributed by atoms with Crippen molar-refractivity contribution in [2.45, 2.75) is 83.8 Å². The van der Waals surface area contributed by atoms with E-state index in [1.54, 1.807) is 10.9 Å². The third-order valence-electron chi connectivity index (χ3n) is 9.33. The molecule has 0 amide bonds. The normalized spacial score (nSPS) is 41.9. The highest BCUT2D eigenvalue weighted by Crippen LogP contribution is 2.61. The lowest BCUT2D eigenvalue weighted by atomic mass is 9.47. The fraction of sp³-hybridized carbons (Fsp3) is 0.731. The van der Waals surface area contributed by atoms with Crippen LogP contribution < -0.4 is 0 Å². The largest absolute Gasteiger partial charge is 0.390 e. The van der Waals surface area contributed by atoms with Gasteiger partial charge in [-0.2, -0.15) is 10.4 Å². The minimum atomic E-state index is -0.456. The molecule has 3 fully saturated rings. The van der Waals surface area contributed by atoms with Crippen molar-refractivity contribution >= 4 is 5.78 Å². The molecule has 1 heterocycles. The van der Waals surface area contributed by atoms with E-state index in [1.165, 1.54) is 38.3 Å². The molecule has 0 unspecified atom stereocenters. The number of nitriles is 1. The molecule has 0 aliphatic heterocycles. The molecule has 3 saturated carbocycles. The van der Waals surface area contributed by atoms with Crippen molar-refractivity contribution in [3.63, 3.8) is 0 Å². The zero-order valence-corrected chi connectivity index (χ0v) is 18.9. The molecule has 166 valence electrons. The van der Waals surface area contributed by atoms with E-state index in [9.17, 15) is 9.90 Å².